The SMILES string of the molecule is C.C.C.C.C.C.Cl.N=C=O.N=C=O. The standard InChI is InChI=1S/2CHNO.6CH4.ClH/c2*2-1-3;;;;;;;/h2*2H;6*1H4;1H. The molecule has 0 spiro atoms. The maximum absolute atomic E-state index is 8.35. The van der Waals surface area contributed by atoms with E-state index in [0.717, 1.165) is 12.2 Å². The lowest BCUT2D eigenvalue weighted by Gasteiger charge is -1.02. The molecule has 0 aliphatic heterocycles. The van der Waals surface area contributed by atoms with Crippen molar-refractivity contribution in [1.29, 1.82) is 10.8 Å². The van der Waals surface area contributed by atoms with E-state index in [4.69, 9.17) is 20.4 Å². The number of rotatable bonds is 0. The monoisotopic (exact) mass is 218 g/mol. The van der Waals surface area contributed by atoms with Gasteiger partial charge in [0.2, 0.25) is 12.2 Å². The molecule has 13 heavy (non-hydrogen) atoms. The number of hydrogen-bond donors (Lipinski definition) is 2. The van der Waals surface area contributed by atoms with E-state index in [9.17, 15) is 0 Å². The molecule has 5 heteroatoms. The predicted molar refractivity (Wildman–Crippen MR) is 64.5 cm³/mol. The molecule has 0 heterocycles. The highest BCUT2D eigenvalue weighted by atomic mass is 35.5. The number of hydrogen-bond acceptors (Lipinski definition) is 4. The Hall–Kier alpha value is -0.950. The highest BCUT2D eigenvalue weighted by Crippen LogP contribution is 0.871. The van der Waals surface area contributed by atoms with E-state index < -0.39 is 0 Å². The van der Waals surface area contributed by atoms with Crippen LogP contribution < -0.4 is 0 Å². The van der Waals surface area contributed by atoms with E-state index >= 15 is 0 Å². The molecule has 4 nitrogen and oxygen atoms in total. The minimum absolute atomic E-state index is 0. The average molecular weight is 219 g/mol. The van der Waals surface area contributed by atoms with Crippen LogP contribution in [0.5, 0.6) is 0 Å². The summed E-state index contributed by atoms with van der Waals surface area (Å²) in [6.07, 6.45) is 1.50. The summed E-state index contributed by atoms with van der Waals surface area (Å²) in [7, 11) is 0. The molecule has 2 N–H and O–H groups in total. The third-order valence-corrected chi connectivity index (χ3v) is 0. The van der Waals surface area contributed by atoms with Crippen LogP contribution in [0.25, 0.3) is 0 Å². The molecular weight excluding hydrogens is 192 g/mol. The Balaban J connectivity index is -0.00000000229. The zero-order valence-electron chi connectivity index (χ0n) is 3.22. The van der Waals surface area contributed by atoms with Crippen LogP contribution in [-0.2, 0) is 9.59 Å². The Kier molecular flexibility index (Phi) is 12300. The first-order valence-corrected chi connectivity index (χ1v) is 0.908. The van der Waals surface area contributed by atoms with Crippen molar-refractivity contribution in [2.75, 3.05) is 0 Å². The minimum atomic E-state index is 0. The molecule has 0 aromatic heterocycles. The molecule has 0 rings (SSSR count). The van der Waals surface area contributed by atoms with Crippen molar-refractivity contribution >= 4 is 24.6 Å². The maximum Gasteiger partial charge on any atom is 0.231 e. The molecule has 88 valence electrons. The van der Waals surface area contributed by atoms with Crippen LogP contribution in [0.4, 0.5) is 0 Å². The van der Waals surface area contributed by atoms with Gasteiger partial charge in [0, 0.05) is 0 Å². The lowest BCUT2D eigenvalue weighted by atomic mass is 11.7. The molecule has 0 aromatic rings. The largest absolute Gasteiger partial charge is 0.231 e. The molecule has 0 saturated carbocycles. The van der Waals surface area contributed by atoms with Gasteiger partial charge in [-0.05, 0) is 0 Å². The van der Waals surface area contributed by atoms with E-state index in [1.54, 1.807) is 0 Å². The zero-order chi connectivity index (χ0) is 5.41. The Morgan fingerprint density at radius 1 is 0.615 bits per heavy atom. The Morgan fingerprint density at radius 2 is 0.615 bits per heavy atom. The van der Waals surface area contributed by atoms with Crippen molar-refractivity contribution in [3.8, 4) is 0 Å². The normalized spacial score (nSPS) is 1.23. The Bertz CT molecular complexity index is 74.1. The minimum Gasteiger partial charge on any atom is -0.222 e. The van der Waals surface area contributed by atoms with Gasteiger partial charge < -0.3 is 0 Å². The lowest BCUT2D eigenvalue weighted by Crippen LogP contribution is -1.16. The second-order valence-corrected chi connectivity index (χ2v) is 0.204. The fourth-order valence-electron chi connectivity index (χ4n) is 0. The van der Waals surface area contributed by atoms with Gasteiger partial charge in [0.25, 0.3) is 0 Å². The second kappa shape index (κ2) is 1010. The summed E-state index contributed by atoms with van der Waals surface area (Å²) in [6, 6.07) is 0. The van der Waals surface area contributed by atoms with Gasteiger partial charge in [0.1, 0.15) is 0 Å². The van der Waals surface area contributed by atoms with Crippen molar-refractivity contribution in [2.45, 2.75) is 44.6 Å². The summed E-state index contributed by atoms with van der Waals surface area (Å²) in [4.78, 5) is 16.7. The molecule has 0 aliphatic carbocycles. The summed E-state index contributed by atoms with van der Waals surface area (Å²) in [5.74, 6) is 0. The van der Waals surface area contributed by atoms with Crippen molar-refractivity contribution < 1.29 is 9.59 Å². The third-order valence-electron chi connectivity index (χ3n) is 0. The van der Waals surface area contributed by atoms with Crippen molar-refractivity contribution in [1.82, 2.24) is 0 Å². The molecule has 0 fully saturated rings. The molecule has 0 aromatic carbocycles. The highest BCUT2D eigenvalue weighted by molar-refractivity contribution is 5.85. The summed E-state index contributed by atoms with van der Waals surface area (Å²) in [6.45, 7) is 0. The number of nitrogens with one attached hydrogen (secondary N) is 2. The van der Waals surface area contributed by atoms with E-state index in [1.807, 2.05) is 0 Å². The Labute approximate surface area is 90.2 Å². The van der Waals surface area contributed by atoms with Gasteiger partial charge in [-0.15, -0.1) is 12.4 Å². The van der Waals surface area contributed by atoms with Crippen LogP contribution in [-0.4, -0.2) is 12.2 Å². The van der Waals surface area contributed by atoms with Crippen molar-refractivity contribution in [3.63, 3.8) is 0 Å². The van der Waals surface area contributed by atoms with Crippen LogP contribution in [0.3, 0.4) is 0 Å². The fourth-order valence-corrected chi connectivity index (χ4v) is 0. The Morgan fingerprint density at radius 3 is 0.615 bits per heavy atom. The van der Waals surface area contributed by atoms with Gasteiger partial charge in [-0.2, -0.15) is 0 Å². The van der Waals surface area contributed by atoms with Gasteiger partial charge in [0.15, 0.2) is 0 Å². The van der Waals surface area contributed by atoms with Gasteiger partial charge >= 0.3 is 0 Å². The van der Waals surface area contributed by atoms with E-state index in [2.05, 4.69) is 0 Å². The van der Waals surface area contributed by atoms with E-state index in [-0.39, 0.29) is 57.0 Å². The summed E-state index contributed by atoms with van der Waals surface area (Å²) >= 11 is 0. The highest BCUT2D eigenvalue weighted by Gasteiger charge is 1.04. The molecule has 0 atom stereocenters. The van der Waals surface area contributed by atoms with Gasteiger partial charge in [-0.3, -0.25) is 0 Å². The van der Waals surface area contributed by atoms with Crippen LogP contribution in [0, 0.1) is 10.8 Å². The molecule has 0 aliphatic rings. The number of halogens is 1. The van der Waals surface area contributed by atoms with Crippen molar-refractivity contribution in [2.24, 2.45) is 0 Å². The van der Waals surface area contributed by atoms with Crippen LogP contribution in [0.2, 0.25) is 0 Å². The lowest BCUT2D eigenvalue weighted by molar-refractivity contribution is 0.562. The zero-order valence-corrected chi connectivity index (χ0v) is 4.04. The van der Waals surface area contributed by atoms with E-state index in [1.165, 1.54) is 0 Å². The van der Waals surface area contributed by atoms with Crippen LogP contribution >= 0.6 is 12.4 Å². The maximum atomic E-state index is 8.35. The molecule has 0 radical (unpaired) electrons. The van der Waals surface area contributed by atoms with Gasteiger partial charge in [-0.1, -0.05) is 44.6 Å². The topological polar surface area (TPSA) is 81.8 Å². The summed E-state index contributed by atoms with van der Waals surface area (Å²) < 4.78 is 0. The third kappa shape index (κ3) is 1000. The smallest absolute Gasteiger partial charge is 0.222 e. The first-order chi connectivity index (χ1) is 2.83. The van der Waals surface area contributed by atoms with E-state index in [0.29, 0.717) is 0 Å². The molecular formula is C8H27ClN2O2. The van der Waals surface area contributed by atoms with Gasteiger partial charge in [0.05, 0.1) is 0 Å². The van der Waals surface area contributed by atoms with Crippen molar-refractivity contribution in [3.05, 3.63) is 0 Å². The quantitative estimate of drug-likeness (QED) is 0.475. The average Bonchev–Trinajstić information content (AvgIpc) is 1.39. The summed E-state index contributed by atoms with van der Waals surface area (Å²) in [5, 5.41) is 10.8. The number of isocyanates is 2. The molecule has 0 unspecified atom stereocenters. The molecule has 0 bridgehead atoms. The first-order valence-electron chi connectivity index (χ1n) is 0.908. The van der Waals surface area contributed by atoms with Gasteiger partial charge in [-0.25, -0.2) is 20.4 Å². The first kappa shape index (κ1) is 158. The fraction of sp³-hybridized carbons (Fsp3) is 0.750. The predicted octanol–water partition coefficient (Wildman–Crippen LogP) is 4.04. The van der Waals surface area contributed by atoms with Crippen LogP contribution in [0.15, 0.2) is 0 Å². The number of carbonyl (C=O) groups excluding carboxylic acids is 2. The molecule has 0 saturated heterocycles. The second-order valence-electron chi connectivity index (χ2n) is 0.204. The summed E-state index contributed by atoms with van der Waals surface area (Å²) in [5.41, 5.74) is 0. The van der Waals surface area contributed by atoms with Crippen LogP contribution in [0.1, 0.15) is 44.6 Å². The molecule has 0 amide bonds.